The predicted octanol–water partition coefficient (Wildman–Crippen LogP) is 6.30. The van der Waals surface area contributed by atoms with Crippen LogP contribution in [-0.2, 0) is 9.59 Å². The van der Waals surface area contributed by atoms with Crippen molar-refractivity contribution in [1.29, 1.82) is 0 Å². The standard InChI is InChI=1S/C25H18Cl3N3O3/c1-13-3-9-19(14(2)11-13)30-23(32)15-4-7-17(8-5-15)29-22-21(28)24(33)31(25(22)34)20-10-6-16(26)12-18(20)27/h3-12,29H,1-2H3,(H,30,32). The van der Waals surface area contributed by atoms with Crippen LogP contribution in [0, 0.1) is 13.8 Å². The average molecular weight is 515 g/mol. The molecule has 0 unspecified atom stereocenters. The Bertz CT molecular complexity index is 1370. The third kappa shape index (κ3) is 4.66. The highest BCUT2D eigenvalue weighted by Crippen LogP contribution is 2.35. The van der Waals surface area contributed by atoms with Gasteiger partial charge >= 0.3 is 0 Å². The lowest BCUT2D eigenvalue weighted by atomic mass is 10.1. The Morgan fingerprint density at radius 1 is 0.853 bits per heavy atom. The van der Waals surface area contributed by atoms with Crippen molar-refractivity contribution in [3.05, 3.63) is 98.1 Å². The molecule has 9 heteroatoms. The second-order valence-corrected chi connectivity index (χ2v) is 8.93. The first-order valence-corrected chi connectivity index (χ1v) is 11.3. The van der Waals surface area contributed by atoms with Crippen LogP contribution in [-0.4, -0.2) is 17.7 Å². The maximum absolute atomic E-state index is 12.9. The normalized spacial score (nSPS) is 13.5. The molecule has 1 heterocycles. The lowest BCUT2D eigenvalue weighted by Crippen LogP contribution is -2.32. The molecule has 3 aromatic carbocycles. The molecule has 0 saturated heterocycles. The zero-order chi connectivity index (χ0) is 24.6. The minimum atomic E-state index is -0.706. The molecule has 0 saturated carbocycles. The van der Waals surface area contributed by atoms with Gasteiger partial charge in [-0.2, -0.15) is 0 Å². The van der Waals surface area contributed by atoms with E-state index < -0.39 is 11.8 Å². The van der Waals surface area contributed by atoms with Crippen LogP contribution in [0.3, 0.4) is 0 Å². The number of nitrogens with one attached hydrogen (secondary N) is 2. The van der Waals surface area contributed by atoms with E-state index >= 15 is 0 Å². The second kappa shape index (κ2) is 9.50. The summed E-state index contributed by atoms with van der Waals surface area (Å²) in [5, 5.41) is 5.98. The van der Waals surface area contributed by atoms with E-state index in [0.717, 1.165) is 21.7 Å². The topological polar surface area (TPSA) is 78.5 Å². The number of carbonyl (C=O) groups is 3. The molecule has 2 N–H and O–H groups in total. The minimum Gasteiger partial charge on any atom is -0.350 e. The Labute approximate surface area is 211 Å². The predicted molar refractivity (Wildman–Crippen MR) is 136 cm³/mol. The Hall–Kier alpha value is -3.32. The zero-order valence-electron chi connectivity index (χ0n) is 18.1. The molecule has 0 aliphatic carbocycles. The molecule has 1 aliphatic heterocycles. The third-order valence-electron chi connectivity index (χ3n) is 5.22. The molecular formula is C25H18Cl3N3O3. The van der Waals surface area contributed by atoms with Gasteiger partial charge in [0.15, 0.2) is 0 Å². The molecule has 0 bridgehead atoms. The first kappa shape index (κ1) is 23.8. The quantitative estimate of drug-likeness (QED) is 0.392. The number of imide groups is 1. The summed E-state index contributed by atoms with van der Waals surface area (Å²) in [4.78, 5) is 39.1. The SMILES string of the molecule is Cc1ccc(NC(=O)c2ccc(NC3=C(Cl)C(=O)N(c4ccc(Cl)cc4Cl)C3=O)cc2)c(C)c1. The average Bonchev–Trinajstić information content (AvgIpc) is 2.99. The number of benzene rings is 3. The van der Waals surface area contributed by atoms with Gasteiger partial charge in [-0.15, -0.1) is 0 Å². The third-order valence-corrected chi connectivity index (χ3v) is 6.11. The van der Waals surface area contributed by atoms with Crippen molar-refractivity contribution in [1.82, 2.24) is 0 Å². The van der Waals surface area contributed by atoms with Gasteiger partial charge in [0.25, 0.3) is 17.7 Å². The van der Waals surface area contributed by atoms with Crippen molar-refractivity contribution >= 4 is 69.6 Å². The van der Waals surface area contributed by atoms with Gasteiger partial charge in [0.2, 0.25) is 0 Å². The van der Waals surface area contributed by atoms with Gasteiger partial charge in [-0.1, -0.05) is 52.5 Å². The Morgan fingerprint density at radius 3 is 2.21 bits per heavy atom. The minimum absolute atomic E-state index is 0.0924. The summed E-state index contributed by atoms with van der Waals surface area (Å²) in [5.41, 5.74) is 3.78. The molecule has 172 valence electrons. The van der Waals surface area contributed by atoms with Crippen molar-refractivity contribution in [2.75, 3.05) is 15.5 Å². The Kier molecular flexibility index (Phi) is 6.66. The number of amides is 3. The summed E-state index contributed by atoms with van der Waals surface area (Å²) in [6.07, 6.45) is 0. The van der Waals surface area contributed by atoms with Gasteiger partial charge < -0.3 is 10.6 Å². The van der Waals surface area contributed by atoms with Gasteiger partial charge in [-0.05, 0) is 67.9 Å². The van der Waals surface area contributed by atoms with E-state index in [-0.39, 0.29) is 27.3 Å². The Balaban J connectivity index is 1.50. The summed E-state index contributed by atoms with van der Waals surface area (Å²) in [6, 6.07) is 16.6. The molecule has 0 radical (unpaired) electrons. The Morgan fingerprint density at radius 2 is 1.56 bits per heavy atom. The molecule has 6 nitrogen and oxygen atoms in total. The van der Waals surface area contributed by atoms with Gasteiger partial charge in [-0.3, -0.25) is 14.4 Å². The highest BCUT2D eigenvalue weighted by molar-refractivity contribution is 6.54. The number of rotatable bonds is 5. The fraction of sp³-hybridized carbons (Fsp3) is 0.0800. The van der Waals surface area contributed by atoms with Crippen LogP contribution in [0.2, 0.25) is 10.0 Å². The molecular weight excluding hydrogens is 497 g/mol. The highest BCUT2D eigenvalue weighted by atomic mass is 35.5. The summed E-state index contributed by atoms with van der Waals surface area (Å²) < 4.78 is 0. The van der Waals surface area contributed by atoms with E-state index in [0.29, 0.717) is 16.3 Å². The maximum atomic E-state index is 12.9. The van der Waals surface area contributed by atoms with Gasteiger partial charge in [-0.25, -0.2) is 4.90 Å². The van der Waals surface area contributed by atoms with Crippen LogP contribution in [0.4, 0.5) is 17.1 Å². The van der Waals surface area contributed by atoms with Crippen molar-refractivity contribution in [2.45, 2.75) is 13.8 Å². The number of hydrogen-bond donors (Lipinski definition) is 2. The van der Waals surface area contributed by atoms with E-state index in [1.807, 2.05) is 32.0 Å². The van der Waals surface area contributed by atoms with Crippen LogP contribution < -0.4 is 15.5 Å². The van der Waals surface area contributed by atoms with Crippen LogP contribution in [0.25, 0.3) is 0 Å². The molecule has 34 heavy (non-hydrogen) atoms. The summed E-state index contributed by atoms with van der Waals surface area (Å²) in [5.74, 6) is -1.63. The largest absolute Gasteiger partial charge is 0.350 e. The van der Waals surface area contributed by atoms with E-state index in [9.17, 15) is 14.4 Å². The maximum Gasteiger partial charge on any atom is 0.283 e. The number of aryl methyl sites for hydroxylation is 2. The number of nitrogens with zero attached hydrogens (tertiary/aromatic N) is 1. The number of anilines is 3. The fourth-order valence-electron chi connectivity index (χ4n) is 3.49. The van der Waals surface area contributed by atoms with Crippen LogP contribution in [0.1, 0.15) is 21.5 Å². The van der Waals surface area contributed by atoms with Crippen molar-refractivity contribution in [3.63, 3.8) is 0 Å². The van der Waals surface area contributed by atoms with E-state index in [1.54, 1.807) is 24.3 Å². The van der Waals surface area contributed by atoms with Crippen LogP contribution >= 0.6 is 34.8 Å². The molecule has 0 spiro atoms. The number of carbonyl (C=O) groups excluding carboxylic acids is 3. The van der Waals surface area contributed by atoms with Crippen molar-refractivity contribution < 1.29 is 14.4 Å². The molecule has 3 amide bonds. The van der Waals surface area contributed by atoms with Gasteiger partial charge in [0.1, 0.15) is 10.7 Å². The van der Waals surface area contributed by atoms with Crippen LogP contribution in [0.5, 0.6) is 0 Å². The van der Waals surface area contributed by atoms with Crippen LogP contribution in [0.15, 0.2) is 71.4 Å². The second-order valence-electron chi connectivity index (χ2n) is 7.71. The van der Waals surface area contributed by atoms with Gasteiger partial charge in [0, 0.05) is 22.0 Å². The number of hydrogen-bond acceptors (Lipinski definition) is 4. The highest BCUT2D eigenvalue weighted by Gasteiger charge is 2.39. The molecule has 0 aromatic heterocycles. The number of halogens is 3. The zero-order valence-corrected chi connectivity index (χ0v) is 20.3. The lowest BCUT2D eigenvalue weighted by Gasteiger charge is -2.16. The fourth-order valence-corrected chi connectivity index (χ4v) is 4.20. The summed E-state index contributed by atoms with van der Waals surface area (Å²) in [7, 11) is 0. The van der Waals surface area contributed by atoms with E-state index in [2.05, 4.69) is 10.6 Å². The monoisotopic (exact) mass is 513 g/mol. The van der Waals surface area contributed by atoms with Crippen molar-refractivity contribution in [3.8, 4) is 0 Å². The van der Waals surface area contributed by atoms with Crippen molar-refractivity contribution in [2.24, 2.45) is 0 Å². The molecule has 0 fully saturated rings. The van der Waals surface area contributed by atoms with E-state index in [4.69, 9.17) is 34.8 Å². The molecule has 4 rings (SSSR count). The molecule has 0 atom stereocenters. The first-order chi connectivity index (χ1) is 16.2. The van der Waals surface area contributed by atoms with Gasteiger partial charge in [0.05, 0.1) is 10.7 Å². The molecule has 1 aliphatic rings. The first-order valence-electron chi connectivity index (χ1n) is 10.1. The summed E-state index contributed by atoms with van der Waals surface area (Å²) >= 11 is 18.2. The smallest absolute Gasteiger partial charge is 0.283 e. The van der Waals surface area contributed by atoms with E-state index in [1.165, 1.54) is 18.2 Å². The lowest BCUT2D eigenvalue weighted by molar-refractivity contribution is -0.120. The summed E-state index contributed by atoms with van der Waals surface area (Å²) in [6.45, 7) is 3.91. The molecule has 3 aromatic rings.